The number of benzene rings is 2. The van der Waals surface area contributed by atoms with Crippen molar-refractivity contribution in [2.45, 2.75) is 39.5 Å². The maximum absolute atomic E-state index is 13.8. The largest absolute Gasteiger partial charge is 0.277 e. The predicted octanol–water partition coefficient (Wildman–Crippen LogP) is 4.45. The van der Waals surface area contributed by atoms with E-state index in [1.807, 2.05) is 11.6 Å². The van der Waals surface area contributed by atoms with Gasteiger partial charge < -0.3 is 0 Å². The van der Waals surface area contributed by atoms with E-state index in [9.17, 15) is 21.6 Å². The minimum Gasteiger partial charge on any atom is -0.277 e. The Balaban J connectivity index is 2.64. The van der Waals surface area contributed by atoms with Crippen LogP contribution < -0.4 is 4.72 Å². The van der Waals surface area contributed by atoms with Crippen LogP contribution in [0.4, 0.5) is 18.9 Å². The number of rotatable bonds is 3. The van der Waals surface area contributed by atoms with E-state index in [1.165, 1.54) is 0 Å². The first-order valence-corrected chi connectivity index (χ1v) is 8.70. The molecule has 24 heavy (non-hydrogen) atoms. The molecule has 2 aromatic rings. The van der Waals surface area contributed by atoms with E-state index in [0.717, 1.165) is 22.8 Å². The molecule has 0 aromatic heterocycles. The summed E-state index contributed by atoms with van der Waals surface area (Å²) in [6.07, 6.45) is 0. The summed E-state index contributed by atoms with van der Waals surface area (Å²) in [5, 5.41) is 0. The smallest absolute Gasteiger partial charge is 0.262 e. The highest BCUT2D eigenvalue weighted by Crippen LogP contribution is 2.31. The average molecular weight is 357 g/mol. The van der Waals surface area contributed by atoms with Crippen LogP contribution in [-0.4, -0.2) is 8.42 Å². The molecule has 0 unspecified atom stereocenters. The first kappa shape index (κ1) is 18.3. The normalized spacial score (nSPS) is 11.7. The quantitative estimate of drug-likeness (QED) is 0.825. The Hall–Kier alpha value is -2.02. The van der Waals surface area contributed by atoms with Crippen molar-refractivity contribution in [3.8, 4) is 0 Å². The van der Waals surface area contributed by atoms with E-state index < -0.39 is 33.2 Å². The van der Waals surface area contributed by atoms with Crippen LogP contribution in [0.1, 0.15) is 27.8 Å². The summed E-state index contributed by atoms with van der Waals surface area (Å²) in [5.41, 5.74) is 3.03. The van der Waals surface area contributed by atoms with Gasteiger partial charge in [-0.15, -0.1) is 0 Å². The van der Waals surface area contributed by atoms with Crippen molar-refractivity contribution in [2.75, 3.05) is 4.72 Å². The summed E-state index contributed by atoms with van der Waals surface area (Å²) in [5.74, 6) is -4.68. The Morgan fingerprint density at radius 1 is 0.750 bits per heavy atom. The minimum absolute atomic E-state index is 0.0206. The van der Waals surface area contributed by atoms with Crippen LogP contribution in [-0.2, 0) is 10.0 Å². The van der Waals surface area contributed by atoms with E-state index in [-0.39, 0.29) is 4.90 Å². The first-order chi connectivity index (χ1) is 11.0. The van der Waals surface area contributed by atoms with Gasteiger partial charge in [0.25, 0.3) is 10.0 Å². The van der Waals surface area contributed by atoms with E-state index in [1.54, 1.807) is 27.7 Å². The monoisotopic (exact) mass is 357 g/mol. The lowest BCUT2D eigenvalue weighted by molar-refractivity contribution is 0.449. The molecule has 0 spiro atoms. The van der Waals surface area contributed by atoms with Crippen LogP contribution in [0.25, 0.3) is 0 Å². The van der Waals surface area contributed by atoms with Crippen LogP contribution in [0.2, 0.25) is 0 Å². The summed E-state index contributed by atoms with van der Waals surface area (Å²) in [6, 6.07) is 1.52. The van der Waals surface area contributed by atoms with Crippen molar-refractivity contribution in [1.82, 2.24) is 0 Å². The van der Waals surface area contributed by atoms with Gasteiger partial charge in [-0.05, 0) is 74.6 Å². The molecule has 0 amide bonds. The molecule has 0 aliphatic carbocycles. The molecule has 0 aliphatic heterocycles. The molecule has 0 heterocycles. The molecule has 2 aromatic carbocycles. The van der Waals surface area contributed by atoms with E-state index >= 15 is 0 Å². The van der Waals surface area contributed by atoms with Gasteiger partial charge in [0.1, 0.15) is 0 Å². The Labute approximate surface area is 139 Å². The summed E-state index contributed by atoms with van der Waals surface area (Å²) in [6.45, 7) is 8.81. The zero-order valence-electron chi connectivity index (χ0n) is 14.0. The molecule has 0 atom stereocenters. The molecular weight excluding hydrogens is 339 g/mol. The zero-order chi connectivity index (χ0) is 18.4. The standard InChI is InChI=1S/C17H18F3NO2S/c1-8-9(2)11(4)17(12(5)10(8)3)24(22,23)21-14-7-6-13(18)15(19)16(14)20/h6-7,21H,1-5H3. The van der Waals surface area contributed by atoms with Gasteiger partial charge in [-0.1, -0.05) is 0 Å². The lowest BCUT2D eigenvalue weighted by atomic mass is 9.95. The van der Waals surface area contributed by atoms with Crippen LogP contribution in [0.5, 0.6) is 0 Å². The van der Waals surface area contributed by atoms with Crippen LogP contribution in [0.15, 0.2) is 17.0 Å². The van der Waals surface area contributed by atoms with E-state index in [0.29, 0.717) is 17.2 Å². The lowest BCUT2D eigenvalue weighted by Crippen LogP contribution is -2.19. The van der Waals surface area contributed by atoms with Gasteiger partial charge >= 0.3 is 0 Å². The molecule has 0 bridgehead atoms. The second-order valence-electron chi connectivity index (χ2n) is 5.78. The topological polar surface area (TPSA) is 46.2 Å². The molecule has 7 heteroatoms. The Bertz CT molecular complexity index is 909. The number of hydrogen-bond donors (Lipinski definition) is 1. The highest BCUT2D eigenvalue weighted by atomic mass is 32.2. The number of hydrogen-bond acceptors (Lipinski definition) is 2. The van der Waals surface area contributed by atoms with Crippen molar-refractivity contribution < 1.29 is 21.6 Å². The summed E-state index contributed by atoms with van der Waals surface area (Å²) in [7, 11) is -4.17. The Kier molecular flexibility index (Phi) is 4.68. The maximum Gasteiger partial charge on any atom is 0.262 e. The average Bonchev–Trinajstić information content (AvgIpc) is 2.51. The Morgan fingerprint density at radius 2 is 1.21 bits per heavy atom. The van der Waals surface area contributed by atoms with Crippen molar-refractivity contribution in [1.29, 1.82) is 0 Å². The fourth-order valence-corrected chi connectivity index (χ4v) is 4.33. The highest BCUT2D eigenvalue weighted by molar-refractivity contribution is 7.92. The fourth-order valence-electron chi connectivity index (χ4n) is 2.67. The van der Waals surface area contributed by atoms with Gasteiger partial charge in [0.05, 0.1) is 10.6 Å². The summed E-state index contributed by atoms with van der Waals surface area (Å²) < 4.78 is 67.6. The van der Waals surface area contributed by atoms with E-state index in [4.69, 9.17) is 0 Å². The molecule has 0 radical (unpaired) electrons. The van der Waals surface area contributed by atoms with Gasteiger partial charge in [-0.2, -0.15) is 0 Å². The molecule has 0 fully saturated rings. The third kappa shape index (κ3) is 2.88. The summed E-state index contributed by atoms with van der Waals surface area (Å²) >= 11 is 0. The molecule has 3 nitrogen and oxygen atoms in total. The molecule has 0 saturated carbocycles. The van der Waals surface area contributed by atoms with Crippen molar-refractivity contribution in [3.05, 3.63) is 57.4 Å². The van der Waals surface area contributed by atoms with Crippen LogP contribution >= 0.6 is 0 Å². The highest BCUT2D eigenvalue weighted by Gasteiger charge is 2.25. The van der Waals surface area contributed by atoms with Crippen LogP contribution in [0.3, 0.4) is 0 Å². The van der Waals surface area contributed by atoms with Crippen molar-refractivity contribution in [3.63, 3.8) is 0 Å². The van der Waals surface area contributed by atoms with Crippen LogP contribution in [0, 0.1) is 52.1 Å². The van der Waals surface area contributed by atoms with Crippen molar-refractivity contribution >= 4 is 15.7 Å². The molecule has 1 N–H and O–H groups in total. The molecular formula is C17H18F3NO2S. The summed E-state index contributed by atoms with van der Waals surface area (Å²) in [4.78, 5) is 0.0206. The molecule has 0 saturated heterocycles. The third-order valence-electron chi connectivity index (χ3n) is 4.48. The number of nitrogens with one attached hydrogen (secondary N) is 1. The number of anilines is 1. The fraction of sp³-hybridized carbons (Fsp3) is 0.294. The molecule has 130 valence electrons. The number of halogens is 3. The number of sulfonamides is 1. The van der Waals surface area contributed by atoms with E-state index in [2.05, 4.69) is 0 Å². The first-order valence-electron chi connectivity index (χ1n) is 7.22. The lowest BCUT2D eigenvalue weighted by Gasteiger charge is -2.19. The van der Waals surface area contributed by atoms with Gasteiger partial charge in [0, 0.05) is 0 Å². The van der Waals surface area contributed by atoms with Gasteiger partial charge in [0.2, 0.25) is 0 Å². The second kappa shape index (κ2) is 6.12. The van der Waals surface area contributed by atoms with Gasteiger partial charge in [0.15, 0.2) is 17.5 Å². The van der Waals surface area contributed by atoms with Crippen molar-refractivity contribution in [2.24, 2.45) is 0 Å². The SMILES string of the molecule is Cc1c(C)c(C)c(S(=O)(=O)Nc2ccc(F)c(F)c2F)c(C)c1C. The molecule has 2 rings (SSSR count). The van der Waals surface area contributed by atoms with Gasteiger partial charge in [-0.25, -0.2) is 21.6 Å². The minimum atomic E-state index is -4.17. The Morgan fingerprint density at radius 3 is 1.71 bits per heavy atom. The van der Waals surface area contributed by atoms with Gasteiger partial charge in [-0.3, -0.25) is 4.72 Å². The maximum atomic E-state index is 13.8. The third-order valence-corrected chi connectivity index (χ3v) is 6.12. The predicted molar refractivity (Wildman–Crippen MR) is 87.3 cm³/mol. The zero-order valence-corrected chi connectivity index (χ0v) is 14.8. The molecule has 0 aliphatic rings. The second-order valence-corrected chi connectivity index (χ2v) is 7.40.